The van der Waals surface area contributed by atoms with Crippen LogP contribution in [0.1, 0.15) is 0 Å². The van der Waals surface area contributed by atoms with Crippen LogP contribution in [0.4, 0.5) is 15.8 Å². The van der Waals surface area contributed by atoms with Crippen molar-refractivity contribution in [3.8, 4) is 0 Å². The van der Waals surface area contributed by atoms with Crippen molar-refractivity contribution in [2.45, 2.75) is 0 Å². The van der Waals surface area contributed by atoms with E-state index in [2.05, 4.69) is 10.6 Å². The van der Waals surface area contributed by atoms with Gasteiger partial charge in [0.1, 0.15) is 5.82 Å². The largest absolute Gasteiger partial charge is 0.376 e. The summed E-state index contributed by atoms with van der Waals surface area (Å²) >= 11 is 11.5. The molecule has 20 heavy (non-hydrogen) atoms. The molecule has 0 aliphatic heterocycles. The Kier molecular flexibility index (Phi) is 4.82. The zero-order valence-electron chi connectivity index (χ0n) is 10.3. The van der Waals surface area contributed by atoms with Crippen molar-refractivity contribution in [3.05, 3.63) is 58.3 Å². The number of carbonyl (C=O) groups is 1. The van der Waals surface area contributed by atoms with Gasteiger partial charge in [-0.3, -0.25) is 4.79 Å². The molecule has 1 amide bonds. The van der Waals surface area contributed by atoms with Gasteiger partial charge >= 0.3 is 0 Å². The molecule has 0 saturated heterocycles. The SMILES string of the molecule is O=C(CNc1cccc(Cl)c1)Nc1ccc(Cl)cc1F. The molecule has 0 saturated carbocycles. The van der Waals surface area contributed by atoms with E-state index in [4.69, 9.17) is 23.2 Å². The molecule has 0 spiro atoms. The highest BCUT2D eigenvalue weighted by molar-refractivity contribution is 6.31. The lowest BCUT2D eigenvalue weighted by Crippen LogP contribution is -2.22. The van der Waals surface area contributed by atoms with Gasteiger partial charge in [0, 0.05) is 15.7 Å². The molecule has 2 N–H and O–H groups in total. The average Bonchev–Trinajstić information content (AvgIpc) is 2.40. The van der Waals surface area contributed by atoms with Crippen molar-refractivity contribution in [1.82, 2.24) is 0 Å². The predicted molar refractivity (Wildman–Crippen MR) is 80.0 cm³/mol. The second kappa shape index (κ2) is 6.59. The third-order valence-electron chi connectivity index (χ3n) is 2.48. The minimum Gasteiger partial charge on any atom is -0.376 e. The summed E-state index contributed by atoms with van der Waals surface area (Å²) in [5, 5.41) is 6.19. The topological polar surface area (TPSA) is 41.1 Å². The second-order valence-electron chi connectivity index (χ2n) is 4.04. The van der Waals surface area contributed by atoms with Gasteiger partial charge in [-0.1, -0.05) is 29.3 Å². The van der Waals surface area contributed by atoms with Crippen LogP contribution in [0.2, 0.25) is 10.0 Å². The monoisotopic (exact) mass is 312 g/mol. The van der Waals surface area contributed by atoms with Gasteiger partial charge in [0.05, 0.1) is 12.2 Å². The van der Waals surface area contributed by atoms with E-state index in [0.717, 1.165) is 6.07 Å². The Hall–Kier alpha value is -1.78. The maximum atomic E-state index is 13.5. The lowest BCUT2D eigenvalue weighted by Gasteiger charge is -2.09. The van der Waals surface area contributed by atoms with Gasteiger partial charge in [0.25, 0.3) is 0 Å². The summed E-state index contributed by atoms with van der Waals surface area (Å²) in [6.45, 7) is 0.00239. The van der Waals surface area contributed by atoms with Gasteiger partial charge < -0.3 is 10.6 Å². The third-order valence-corrected chi connectivity index (χ3v) is 2.95. The number of nitrogens with one attached hydrogen (secondary N) is 2. The van der Waals surface area contributed by atoms with Crippen molar-refractivity contribution in [3.63, 3.8) is 0 Å². The van der Waals surface area contributed by atoms with Crippen LogP contribution in [-0.4, -0.2) is 12.5 Å². The number of halogens is 3. The molecule has 0 heterocycles. The van der Waals surface area contributed by atoms with Crippen LogP contribution in [0.3, 0.4) is 0 Å². The molecule has 2 rings (SSSR count). The molecule has 3 nitrogen and oxygen atoms in total. The summed E-state index contributed by atoms with van der Waals surface area (Å²) in [6, 6.07) is 11.0. The molecule has 0 aliphatic carbocycles. The van der Waals surface area contributed by atoms with E-state index < -0.39 is 5.82 Å². The zero-order chi connectivity index (χ0) is 14.5. The van der Waals surface area contributed by atoms with Gasteiger partial charge in [-0.05, 0) is 36.4 Å². The van der Waals surface area contributed by atoms with Crippen LogP contribution in [0.25, 0.3) is 0 Å². The molecular weight excluding hydrogens is 302 g/mol. The number of benzene rings is 2. The summed E-state index contributed by atoms with van der Waals surface area (Å²) in [4.78, 5) is 11.7. The maximum Gasteiger partial charge on any atom is 0.243 e. The Morgan fingerprint density at radius 1 is 1.10 bits per heavy atom. The summed E-state index contributed by atoms with van der Waals surface area (Å²) in [6.07, 6.45) is 0. The first-order chi connectivity index (χ1) is 9.54. The standard InChI is InChI=1S/C14H11Cl2FN2O/c15-9-2-1-3-11(6-9)18-8-14(20)19-13-5-4-10(16)7-12(13)17/h1-7,18H,8H2,(H,19,20). The average molecular weight is 313 g/mol. The van der Waals surface area contributed by atoms with Gasteiger partial charge in [-0.2, -0.15) is 0 Å². The normalized spacial score (nSPS) is 10.2. The molecule has 0 unspecified atom stereocenters. The minimum absolute atomic E-state index is 0.00239. The fourth-order valence-corrected chi connectivity index (χ4v) is 1.92. The van der Waals surface area contributed by atoms with E-state index in [1.165, 1.54) is 12.1 Å². The fraction of sp³-hybridized carbons (Fsp3) is 0.0714. The molecule has 0 aromatic heterocycles. The Labute approximate surface area is 125 Å². The van der Waals surface area contributed by atoms with Crippen molar-refractivity contribution in [2.75, 3.05) is 17.2 Å². The first-order valence-electron chi connectivity index (χ1n) is 5.79. The molecule has 0 bridgehead atoms. The Bertz CT molecular complexity index is 634. The minimum atomic E-state index is -0.575. The Balaban J connectivity index is 1.92. The molecule has 2 aromatic rings. The van der Waals surface area contributed by atoms with Gasteiger partial charge in [-0.25, -0.2) is 4.39 Å². The predicted octanol–water partition coefficient (Wildman–Crippen LogP) is 4.18. The molecule has 6 heteroatoms. The summed E-state index contributed by atoms with van der Waals surface area (Å²) in [5.41, 5.74) is 0.802. The lowest BCUT2D eigenvalue weighted by molar-refractivity contribution is -0.114. The van der Waals surface area contributed by atoms with Gasteiger partial charge in [-0.15, -0.1) is 0 Å². The highest BCUT2D eigenvalue weighted by Crippen LogP contribution is 2.19. The first-order valence-corrected chi connectivity index (χ1v) is 6.54. The Morgan fingerprint density at radius 2 is 1.85 bits per heavy atom. The van der Waals surface area contributed by atoms with Crippen molar-refractivity contribution >= 4 is 40.5 Å². The number of hydrogen-bond donors (Lipinski definition) is 2. The van der Waals surface area contributed by atoms with E-state index in [9.17, 15) is 9.18 Å². The molecule has 0 aliphatic rings. The number of rotatable bonds is 4. The maximum absolute atomic E-state index is 13.5. The summed E-state index contributed by atoms with van der Waals surface area (Å²) in [7, 11) is 0. The highest BCUT2D eigenvalue weighted by atomic mass is 35.5. The van der Waals surface area contributed by atoms with Crippen molar-refractivity contribution in [2.24, 2.45) is 0 Å². The third kappa shape index (κ3) is 4.11. The van der Waals surface area contributed by atoms with Crippen LogP contribution in [-0.2, 0) is 4.79 Å². The van der Waals surface area contributed by atoms with E-state index >= 15 is 0 Å². The van der Waals surface area contributed by atoms with Crippen molar-refractivity contribution < 1.29 is 9.18 Å². The summed E-state index contributed by atoms with van der Waals surface area (Å²) in [5.74, 6) is -0.945. The van der Waals surface area contributed by atoms with Crippen LogP contribution >= 0.6 is 23.2 Å². The molecule has 0 fully saturated rings. The quantitative estimate of drug-likeness (QED) is 0.889. The lowest BCUT2D eigenvalue weighted by atomic mass is 10.3. The second-order valence-corrected chi connectivity index (χ2v) is 4.91. The van der Waals surface area contributed by atoms with Gasteiger partial charge in [0.15, 0.2) is 0 Å². The number of anilines is 2. The van der Waals surface area contributed by atoms with E-state index in [-0.39, 0.29) is 23.2 Å². The van der Waals surface area contributed by atoms with Crippen LogP contribution in [0.15, 0.2) is 42.5 Å². The Morgan fingerprint density at radius 3 is 2.55 bits per heavy atom. The van der Waals surface area contributed by atoms with E-state index in [1.54, 1.807) is 24.3 Å². The fourth-order valence-electron chi connectivity index (χ4n) is 1.57. The number of amides is 1. The van der Waals surface area contributed by atoms with Crippen molar-refractivity contribution in [1.29, 1.82) is 0 Å². The van der Waals surface area contributed by atoms with Crippen LogP contribution < -0.4 is 10.6 Å². The van der Waals surface area contributed by atoms with Crippen LogP contribution in [0, 0.1) is 5.82 Å². The van der Waals surface area contributed by atoms with Gasteiger partial charge in [0.2, 0.25) is 5.91 Å². The highest BCUT2D eigenvalue weighted by Gasteiger charge is 2.07. The first kappa shape index (κ1) is 14.6. The molecule has 0 atom stereocenters. The zero-order valence-corrected chi connectivity index (χ0v) is 11.8. The number of carbonyl (C=O) groups excluding carboxylic acids is 1. The van der Waals surface area contributed by atoms with E-state index in [0.29, 0.717) is 10.7 Å². The number of hydrogen-bond acceptors (Lipinski definition) is 2. The molecule has 104 valence electrons. The van der Waals surface area contributed by atoms with Crippen LogP contribution in [0.5, 0.6) is 0 Å². The molecule has 2 aromatic carbocycles. The molecule has 0 radical (unpaired) electrons. The summed E-state index contributed by atoms with van der Waals surface area (Å²) < 4.78 is 13.5. The van der Waals surface area contributed by atoms with E-state index in [1.807, 2.05) is 0 Å². The molecular formula is C14H11Cl2FN2O. The smallest absolute Gasteiger partial charge is 0.243 e.